The summed E-state index contributed by atoms with van der Waals surface area (Å²) < 4.78 is 0. The average molecular weight is 284 g/mol. The third-order valence-electron chi connectivity index (χ3n) is 4.05. The lowest BCUT2D eigenvalue weighted by Crippen LogP contribution is -2.46. The number of aliphatic carboxylic acids is 1. The zero-order chi connectivity index (χ0) is 15.0. The van der Waals surface area contributed by atoms with Gasteiger partial charge in [0, 0.05) is 18.5 Å². The molecule has 116 valence electrons. The molecule has 0 aromatic carbocycles. The van der Waals surface area contributed by atoms with Gasteiger partial charge in [-0.05, 0) is 44.9 Å². The van der Waals surface area contributed by atoms with Gasteiger partial charge in [-0.2, -0.15) is 0 Å². The molecule has 0 bridgehead atoms. The summed E-state index contributed by atoms with van der Waals surface area (Å²) in [6.07, 6.45) is 7.61. The summed E-state index contributed by atoms with van der Waals surface area (Å²) in [4.78, 5) is 22.3. The van der Waals surface area contributed by atoms with Crippen molar-refractivity contribution >= 4 is 12.0 Å². The molecule has 20 heavy (non-hydrogen) atoms. The highest BCUT2D eigenvalue weighted by molar-refractivity contribution is 5.74. The largest absolute Gasteiger partial charge is 0.481 e. The Bertz CT molecular complexity index is 312. The van der Waals surface area contributed by atoms with Crippen molar-refractivity contribution in [3.05, 3.63) is 0 Å². The van der Waals surface area contributed by atoms with Crippen LogP contribution >= 0.6 is 0 Å². The van der Waals surface area contributed by atoms with Crippen molar-refractivity contribution in [2.24, 2.45) is 5.92 Å². The van der Waals surface area contributed by atoms with Crippen LogP contribution in [0.2, 0.25) is 0 Å². The Hall–Kier alpha value is -1.26. The Kier molecular flexibility index (Phi) is 7.41. The summed E-state index contributed by atoms with van der Waals surface area (Å²) in [5, 5.41) is 14.4. The Morgan fingerprint density at radius 3 is 2.45 bits per heavy atom. The van der Waals surface area contributed by atoms with Gasteiger partial charge in [0.15, 0.2) is 0 Å². The van der Waals surface area contributed by atoms with Crippen molar-refractivity contribution in [3.63, 3.8) is 0 Å². The molecule has 5 heteroatoms. The molecule has 1 aliphatic rings. The van der Waals surface area contributed by atoms with Gasteiger partial charge in [0.05, 0.1) is 0 Å². The molecule has 0 aromatic heterocycles. The average Bonchev–Trinajstić information content (AvgIpc) is 2.39. The first kappa shape index (κ1) is 16.8. The van der Waals surface area contributed by atoms with Crippen molar-refractivity contribution in [1.82, 2.24) is 10.6 Å². The number of amides is 2. The zero-order valence-corrected chi connectivity index (χ0v) is 12.7. The molecule has 0 heterocycles. The van der Waals surface area contributed by atoms with E-state index >= 15 is 0 Å². The fourth-order valence-corrected chi connectivity index (χ4v) is 2.87. The van der Waals surface area contributed by atoms with Gasteiger partial charge in [-0.3, -0.25) is 4.79 Å². The Labute approximate surface area is 121 Å². The molecule has 2 amide bonds. The number of hydrogen-bond acceptors (Lipinski definition) is 2. The van der Waals surface area contributed by atoms with Crippen LogP contribution in [0.5, 0.6) is 0 Å². The fourth-order valence-electron chi connectivity index (χ4n) is 2.87. The normalized spacial score (nSPS) is 23.9. The van der Waals surface area contributed by atoms with Gasteiger partial charge in [0.2, 0.25) is 0 Å². The van der Waals surface area contributed by atoms with E-state index in [9.17, 15) is 9.59 Å². The monoisotopic (exact) mass is 284 g/mol. The number of carbonyl (C=O) groups is 2. The van der Waals surface area contributed by atoms with Gasteiger partial charge in [-0.1, -0.05) is 19.8 Å². The standard InChI is InChI=1S/C15H28N2O3/c1-3-4-12-6-8-13(9-7-12)17-15(20)16-11(2)5-10-14(18)19/h11-13H,3-10H2,1-2H3,(H,18,19)(H2,16,17,20). The van der Waals surface area contributed by atoms with E-state index in [1.165, 1.54) is 25.7 Å². The highest BCUT2D eigenvalue weighted by Crippen LogP contribution is 2.27. The first-order chi connectivity index (χ1) is 9.51. The predicted molar refractivity (Wildman–Crippen MR) is 78.7 cm³/mol. The van der Waals surface area contributed by atoms with Gasteiger partial charge < -0.3 is 15.7 Å². The number of carboxylic acid groups (broad SMARTS) is 1. The SMILES string of the molecule is CCCC1CCC(NC(=O)NC(C)CCC(=O)O)CC1. The van der Waals surface area contributed by atoms with Crippen molar-refractivity contribution in [2.75, 3.05) is 0 Å². The van der Waals surface area contributed by atoms with Gasteiger partial charge in [-0.25, -0.2) is 4.79 Å². The van der Waals surface area contributed by atoms with Crippen molar-refractivity contribution in [2.45, 2.75) is 77.3 Å². The van der Waals surface area contributed by atoms with Crippen LogP contribution in [0.4, 0.5) is 4.79 Å². The lowest BCUT2D eigenvalue weighted by molar-refractivity contribution is -0.137. The second-order valence-electron chi connectivity index (χ2n) is 5.96. The topological polar surface area (TPSA) is 78.4 Å². The van der Waals surface area contributed by atoms with Crippen molar-refractivity contribution in [3.8, 4) is 0 Å². The summed E-state index contributed by atoms with van der Waals surface area (Å²) in [5.74, 6) is 0.00362. The molecule has 1 aliphatic carbocycles. The molecule has 0 aromatic rings. The van der Waals surface area contributed by atoms with Gasteiger partial charge in [0.25, 0.3) is 0 Å². The predicted octanol–water partition coefficient (Wildman–Crippen LogP) is 2.90. The van der Waals surface area contributed by atoms with Crippen molar-refractivity contribution < 1.29 is 14.7 Å². The number of carbonyl (C=O) groups excluding carboxylic acids is 1. The van der Waals surface area contributed by atoms with E-state index < -0.39 is 5.97 Å². The molecule has 0 radical (unpaired) electrons. The quantitative estimate of drug-likeness (QED) is 0.672. The van der Waals surface area contributed by atoms with E-state index in [1.54, 1.807) is 0 Å². The molecular formula is C15H28N2O3. The van der Waals surface area contributed by atoms with Crippen LogP contribution in [0.15, 0.2) is 0 Å². The summed E-state index contributed by atoms with van der Waals surface area (Å²) in [5.41, 5.74) is 0. The second-order valence-corrected chi connectivity index (χ2v) is 5.96. The molecule has 1 rings (SSSR count). The van der Waals surface area contributed by atoms with Crippen LogP contribution < -0.4 is 10.6 Å². The Balaban J connectivity index is 2.18. The first-order valence-corrected chi connectivity index (χ1v) is 7.80. The molecular weight excluding hydrogens is 256 g/mol. The van der Waals surface area contributed by atoms with Crippen LogP contribution in [0.25, 0.3) is 0 Å². The maximum absolute atomic E-state index is 11.8. The lowest BCUT2D eigenvalue weighted by Gasteiger charge is -2.29. The molecule has 1 fully saturated rings. The summed E-state index contributed by atoms with van der Waals surface area (Å²) >= 11 is 0. The van der Waals surface area contributed by atoms with Crippen LogP contribution in [0.3, 0.4) is 0 Å². The Morgan fingerprint density at radius 1 is 1.25 bits per heavy atom. The van der Waals surface area contributed by atoms with Crippen LogP contribution in [0.1, 0.15) is 65.2 Å². The van der Waals surface area contributed by atoms with Gasteiger partial charge >= 0.3 is 12.0 Å². The van der Waals surface area contributed by atoms with E-state index in [0.717, 1.165) is 18.8 Å². The minimum absolute atomic E-state index is 0.0869. The minimum atomic E-state index is -0.826. The van der Waals surface area contributed by atoms with Crippen molar-refractivity contribution in [1.29, 1.82) is 0 Å². The summed E-state index contributed by atoms with van der Waals surface area (Å²) in [6.45, 7) is 4.05. The van der Waals surface area contributed by atoms with E-state index in [1.807, 2.05) is 6.92 Å². The van der Waals surface area contributed by atoms with E-state index in [0.29, 0.717) is 6.42 Å². The van der Waals surface area contributed by atoms with Crippen LogP contribution in [-0.2, 0) is 4.79 Å². The molecule has 1 atom stereocenters. The van der Waals surface area contributed by atoms with Gasteiger partial charge in [0.1, 0.15) is 0 Å². The fraction of sp³-hybridized carbons (Fsp3) is 0.867. The van der Waals surface area contributed by atoms with Crippen LogP contribution in [0, 0.1) is 5.92 Å². The van der Waals surface area contributed by atoms with E-state index in [4.69, 9.17) is 5.11 Å². The number of rotatable bonds is 7. The molecule has 0 aliphatic heterocycles. The Morgan fingerprint density at radius 2 is 1.90 bits per heavy atom. The van der Waals surface area contributed by atoms with Crippen LogP contribution in [-0.4, -0.2) is 29.2 Å². The summed E-state index contributed by atoms with van der Waals surface area (Å²) in [7, 11) is 0. The number of urea groups is 1. The first-order valence-electron chi connectivity index (χ1n) is 7.80. The number of carboxylic acids is 1. The van der Waals surface area contributed by atoms with Gasteiger partial charge in [-0.15, -0.1) is 0 Å². The lowest BCUT2D eigenvalue weighted by atomic mass is 9.83. The molecule has 1 saturated carbocycles. The third kappa shape index (κ3) is 6.78. The molecule has 3 N–H and O–H groups in total. The highest BCUT2D eigenvalue weighted by Gasteiger charge is 2.22. The molecule has 1 unspecified atom stereocenters. The minimum Gasteiger partial charge on any atom is -0.481 e. The third-order valence-corrected chi connectivity index (χ3v) is 4.05. The molecule has 0 saturated heterocycles. The maximum atomic E-state index is 11.8. The second kappa shape index (κ2) is 8.82. The summed E-state index contributed by atoms with van der Waals surface area (Å²) in [6, 6.07) is -0.000796. The zero-order valence-electron chi connectivity index (χ0n) is 12.7. The molecule has 5 nitrogen and oxygen atoms in total. The van der Waals surface area contributed by atoms with E-state index in [2.05, 4.69) is 17.6 Å². The maximum Gasteiger partial charge on any atom is 0.315 e. The number of hydrogen-bond donors (Lipinski definition) is 3. The van der Waals surface area contributed by atoms with E-state index in [-0.39, 0.29) is 24.5 Å². The smallest absolute Gasteiger partial charge is 0.315 e. The number of nitrogens with one attached hydrogen (secondary N) is 2. The molecule has 0 spiro atoms. The highest BCUT2D eigenvalue weighted by atomic mass is 16.4.